The van der Waals surface area contributed by atoms with Gasteiger partial charge in [-0.1, -0.05) is 18.9 Å². The number of carbonyl (C=O) groups excluding carboxylic acids is 3. The van der Waals surface area contributed by atoms with Crippen LogP contribution in [0.3, 0.4) is 0 Å². The first-order chi connectivity index (χ1) is 11.5. The molecule has 0 spiro atoms. The maximum Gasteiger partial charge on any atom is 0.251 e. The van der Waals surface area contributed by atoms with Crippen LogP contribution in [0.4, 0.5) is 5.69 Å². The van der Waals surface area contributed by atoms with Crippen LogP contribution < -0.4 is 10.2 Å². The molecule has 1 aromatic carbocycles. The summed E-state index contributed by atoms with van der Waals surface area (Å²) in [6, 6.07) is 5.15. The molecule has 1 heterocycles. The number of benzene rings is 1. The summed E-state index contributed by atoms with van der Waals surface area (Å²) >= 11 is 4.07. The number of imide groups is 1. The summed E-state index contributed by atoms with van der Waals surface area (Å²) in [6.07, 6.45) is 3.57. The van der Waals surface area contributed by atoms with Gasteiger partial charge < -0.3 is 5.32 Å². The topological polar surface area (TPSA) is 66.5 Å². The Balaban J connectivity index is 1.92. The number of nitrogens with zero attached hydrogens (tertiary/aromatic N) is 1. The monoisotopic (exact) mass is 346 g/mol. The van der Waals surface area contributed by atoms with E-state index in [0.29, 0.717) is 23.5 Å². The van der Waals surface area contributed by atoms with Crippen molar-refractivity contribution in [2.24, 2.45) is 11.8 Å². The molecule has 1 saturated carbocycles. The van der Waals surface area contributed by atoms with Gasteiger partial charge in [0.05, 0.1) is 17.5 Å². The molecule has 2 fully saturated rings. The lowest BCUT2D eigenvalue weighted by atomic mass is 9.81. The number of hydrogen-bond donors (Lipinski definition) is 2. The SMILES string of the molecule is Cc1ccc(C(=O)NCCS)cc1N1C(=O)C2CCCCC2C1=O. The van der Waals surface area contributed by atoms with E-state index in [-0.39, 0.29) is 29.6 Å². The molecule has 3 amide bonds. The summed E-state index contributed by atoms with van der Waals surface area (Å²) in [7, 11) is 0. The molecule has 5 nitrogen and oxygen atoms in total. The molecule has 6 heteroatoms. The first-order valence-electron chi connectivity index (χ1n) is 8.42. The van der Waals surface area contributed by atoms with Crippen LogP contribution in [-0.4, -0.2) is 30.0 Å². The number of amides is 3. The average molecular weight is 346 g/mol. The summed E-state index contributed by atoms with van der Waals surface area (Å²) in [4.78, 5) is 39.0. The zero-order valence-corrected chi connectivity index (χ0v) is 14.6. The second-order valence-electron chi connectivity index (χ2n) is 6.49. The van der Waals surface area contributed by atoms with E-state index in [4.69, 9.17) is 0 Å². The van der Waals surface area contributed by atoms with Gasteiger partial charge >= 0.3 is 0 Å². The molecule has 2 aliphatic rings. The molecule has 0 radical (unpaired) electrons. The van der Waals surface area contributed by atoms with Crippen molar-refractivity contribution >= 4 is 36.0 Å². The van der Waals surface area contributed by atoms with Gasteiger partial charge in [0.25, 0.3) is 5.91 Å². The summed E-state index contributed by atoms with van der Waals surface area (Å²) < 4.78 is 0. The third-order valence-corrected chi connectivity index (χ3v) is 5.17. The lowest BCUT2D eigenvalue weighted by molar-refractivity contribution is -0.122. The molecule has 3 rings (SSSR count). The van der Waals surface area contributed by atoms with Gasteiger partial charge in [-0.3, -0.25) is 14.4 Å². The van der Waals surface area contributed by atoms with Crippen molar-refractivity contribution in [3.63, 3.8) is 0 Å². The predicted octanol–water partition coefficient (Wildman–Crippen LogP) is 2.33. The number of aryl methyl sites for hydroxylation is 1. The van der Waals surface area contributed by atoms with Crippen molar-refractivity contribution in [2.75, 3.05) is 17.2 Å². The van der Waals surface area contributed by atoms with E-state index >= 15 is 0 Å². The Kier molecular flexibility index (Phi) is 4.94. The lowest BCUT2D eigenvalue weighted by Crippen LogP contribution is -2.32. The van der Waals surface area contributed by atoms with Gasteiger partial charge in [0.1, 0.15) is 0 Å². The fourth-order valence-electron chi connectivity index (χ4n) is 3.66. The summed E-state index contributed by atoms with van der Waals surface area (Å²) in [5.41, 5.74) is 1.81. The van der Waals surface area contributed by atoms with Crippen LogP contribution in [0.5, 0.6) is 0 Å². The molecule has 0 bridgehead atoms. The number of nitrogens with one attached hydrogen (secondary N) is 1. The van der Waals surface area contributed by atoms with Crippen LogP contribution in [0.15, 0.2) is 18.2 Å². The second-order valence-corrected chi connectivity index (χ2v) is 6.94. The standard InChI is InChI=1S/C18H22N2O3S/c1-11-6-7-12(16(21)19-8-9-24)10-15(11)20-17(22)13-4-2-3-5-14(13)18(20)23/h6-7,10,13-14,24H,2-5,8-9H2,1H3,(H,19,21). The Labute approximate surface area is 147 Å². The molecule has 1 aliphatic heterocycles. The summed E-state index contributed by atoms with van der Waals surface area (Å²) in [6.45, 7) is 2.32. The second kappa shape index (κ2) is 6.97. The van der Waals surface area contributed by atoms with E-state index in [1.807, 2.05) is 6.92 Å². The normalized spacial score (nSPS) is 23.3. The smallest absolute Gasteiger partial charge is 0.251 e. The Morgan fingerprint density at radius 3 is 2.42 bits per heavy atom. The largest absolute Gasteiger partial charge is 0.351 e. The van der Waals surface area contributed by atoms with Gasteiger partial charge in [-0.05, 0) is 37.5 Å². The van der Waals surface area contributed by atoms with Crippen molar-refractivity contribution in [3.05, 3.63) is 29.3 Å². The van der Waals surface area contributed by atoms with Gasteiger partial charge in [-0.2, -0.15) is 12.6 Å². The van der Waals surface area contributed by atoms with Crippen molar-refractivity contribution in [1.82, 2.24) is 5.32 Å². The first-order valence-corrected chi connectivity index (χ1v) is 9.05. The molecular formula is C18H22N2O3S. The Morgan fingerprint density at radius 2 is 1.83 bits per heavy atom. The molecule has 1 aromatic rings. The summed E-state index contributed by atoms with van der Waals surface area (Å²) in [5.74, 6) is -0.264. The molecule has 128 valence electrons. The van der Waals surface area contributed by atoms with Gasteiger partial charge in [0.15, 0.2) is 0 Å². The number of hydrogen-bond acceptors (Lipinski definition) is 4. The average Bonchev–Trinajstić information content (AvgIpc) is 2.85. The van der Waals surface area contributed by atoms with E-state index in [1.54, 1.807) is 18.2 Å². The van der Waals surface area contributed by atoms with Crippen LogP contribution in [0.2, 0.25) is 0 Å². The van der Waals surface area contributed by atoms with E-state index in [9.17, 15) is 14.4 Å². The zero-order chi connectivity index (χ0) is 17.3. The zero-order valence-electron chi connectivity index (χ0n) is 13.7. The Bertz CT molecular complexity index is 665. The van der Waals surface area contributed by atoms with Crippen molar-refractivity contribution < 1.29 is 14.4 Å². The molecular weight excluding hydrogens is 324 g/mol. The molecule has 2 atom stereocenters. The molecule has 1 aliphatic carbocycles. The highest BCUT2D eigenvalue weighted by Crippen LogP contribution is 2.40. The van der Waals surface area contributed by atoms with Crippen molar-refractivity contribution in [3.8, 4) is 0 Å². The number of fused-ring (bicyclic) bond motifs is 1. The van der Waals surface area contributed by atoms with Gasteiger partial charge in [0, 0.05) is 17.9 Å². The van der Waals surface area contributed by atoms with E-state index in [0.717, 1.165) is 31.2 Å². The van der Waals surface area contributed by atoms with Gasteiger partial charge in [-0.25, -0.2) is 4.90 Å². The van der Waals surface area contributed by atoms with E-state index < -0.39 is 0 Å². The highest BCUT2D eigenvalue weighted by molar-refractivity contribution is 7.80. The number of rotatable bonds is 4. The van der Waals surface area contributed by atoms with E-state index in [1.165, 1.54) is 4.90 Å². The van der Waals surface area contributed by atoms with Gasteiger partial charge in [-0.15, -0.1) is 0 Å². The van der Waals surface area contributed by atoms with Crippen molar-refractivity contribution in [1.29, 1.82) is 0 Å². The van der Waals surface area contributed by atoms with Crippen LogP contribution >= 0.6 is 12.6 Å². The third kappa shape index (κ3) is 2.95. The highest BCUT2D eigenvalue weighted by Gasteiger charge is 2.49. The van der Waals surface area contributed by atoms with E-state index in [2.05, 4.69) is 17.9 Å². The number of carbonyl (C=O) groups is 3. The predicted molar refractivity (Wildman–Crippen MR) is 95.3 cm³/mol. The van der Waals surface area contributed by atoms with Crippen LogP contribution in [0, 0.1) is 18.8 Å². The van der Waals surface area contributed by atoms with Crippen LogP contribution in [0.1, 0.15) is 41.6 Å². The third-order valence-electron chi connectivity index (χ3n) is 4.95. The summed E-state index contributed by atoms with van der Waals surface area (Å²) in [5, 5.41) is 2.75. The van der Waals surface area contributed by atoms with Crippen LogP contribution in [-0.2, 0) is 9.59 Å². The van der Waals surface area contributed by atoms with Crippen molar-refractivity contribution in [2.45, 2.75) is 32.6 Å². The minimum Gasteiger partial charge on any atom is -0.351 e. The van der Waals surface area contributed by atoms with Crippen LogP contribution in [0.25, 0.3) is 0 Å². The highest BCUT2D eigenvalue weighted by atomic mass is 32.1. The number of thiol groups is 1. The maximum atomic E-state index is 12.8. The Hall–Kier alpha value is -1.82. The fourth-order valence-corrected chi connectivity index (χ4v) is 3.77. The number of anilines is 1. The lowest BCUT2D eigenvalue weighted by Gasteiger charge is -2.19. The minimum absolute atomic E-state index is 0.110. The minimum atomic E-state index is -0.221. The molecule has 2 unspecified atom stereocenters. The molecule has 24 heavy (non-hydrogen) atoms. The fraction of sp³-hybridized carbons (Fsp3) is 0.500. The first kappa shape index (κ1) is 17.0. The maximum absolute atomic E-state index is 12.8. The quantitative estimate of drug-likeness (QED) is 0.650. The Morgan fingerprint density at radius 1 is 1.21 bits per heavy atom. The van der Waals surface area contributed by atoms with Gasteiger partial charge in [0.2, 0.25) is 11.8 Å². The molecule has 0 aromatic heterocycles. The molecule has 1 saturated heterocycles. The molecule has 1 N–H and O–H groups in total.